The van der Waals surface area contributed by atoms with Crippen LogP contribution >= 0.6 is 15.9 Å². The molecule has 0 heterocycles. The van der Waals surface area contributed by atoms with E-state index in [4.69, 9.17) is 0 Å². The van der Waals surface area contributed by atoms with Crippen LogP contribution in [0, 0.1) is 10.1 Å². The van der Waals surface area contributed by atoms with Crippen molar-refractivity contribution in [2.75, 3.05) is 6.54 Å². The Morgan fingerprint density at radius 3 is 2.80 bits per heavy atom. The topological polar surface area (TPSA) is 72.6 Å². The number of rotatable bonds is 4. The number of halogens is 1. The van der Waals surface area contributed by atoms with Crippen LogP contribution in [0.25, 0.3) is 0 Å². The fourth-order valence-corrected chi connectivity index (χ4v) is 1.64. The molecule has 0 spiro atoms. The van der Waals surface area contributed by atoms with Crippen LogP contribution in [0.15, 0.2) is 27.7 Å². The van der Waals surface area contributed by atoms with Gasteiger partial charge in [0, 0.05) is 16.6 Å². The summed E-state index contributed by atoms with van der Waals surface area (Å²) in [7, 11) is 0. The highest BCUT2D eigenvalue weighted by Crippen LogP contribution is 2.21. The van der Waals surface area contributed by atoms with Crippen molar-refractivity contribution in [1.29, 1.82) is 0 Å². The minimum atomic E-state index is -0.461. The molecule has 0 amide bonds. The zero-order valence-electron chi connectivity index (χ0n) is 7.64. The van der Waals surface area contributed by atoms with E-state index in [0.29, 0.717) is 10.9 Å². The maximum Gasteiger partial charge on any atom is 0.270 e. The van der Waals surface area contributed by atoms with Gasteiger partial charge in [-0.05, 0) is 18.1 Å². The lowest BCUT2D eigenvalue weighted by Gasteiger charge is -1.99. The molecule has 0 unspecified atom stereocenters. The van der Waals surface area contributed by atoms with Gasteiger partial charge in [-0.3, -0.25) is 10.1 Å². The zero-order chi connectivity index (χ0) is 11.3. The Morgan fingerprint density at radius 1 is 1.47 bits per heavy atom. The second-order valence-electron chi connectivity index (χ2n) is 2.80. The van der Waals surface area contributed by atoms with Gasteiger partial charge < -0.3 is 0 Å². The molecule has 1 aromatic rings. The van der Waals surface area contributed by atoms with E-state index in [9.17, 15) is 14.9 Å². The van der Waals surface area contributed by atoms with Gasteiger partial charge in [0.15, 0.2) is 0 Å². The first-order valence-electron chi connectivity index (χ1n) is 4.11. The molecule has 6 heteroatoms. The number of carbonyl (C=O) groups excluding carboxylic acids is 1. The highest BCUT2D eigenvalue weighted by atomic mass is 79.9. The molecule has 78 valence electrons. The Morgan fingerprint density at radius 2 is 2.20 bits per heavy atom. The highest BCUT2D eigenvalue weighted by Gasteiger charge is 2.08. The number of nitro groups is 1. The summed E-state index contributed by atoms with van der Waals surface area (Å²) < 4.78 is 0.641. The van der Waals surface area contributed by atoms with Crippen LogP contribution in [0.2, 0.25) is 0 Å². The SMILES string of the molecule is O=C=NCCc1cc(Br)cc([N+](=O)[O-])c1. The number of nitrogens with zero attached hydrogens (tertiary/aromatic N) is 2. The molecular weight excluding hydrogens is 264 g/mol. The number of hydrogen-bond donors (Lipinski definition) is 0. The number of aliphatic imine (C=N–C) groups is 1. The zero-order valence-corrected chi connectivity index (χ0v) is 9.23. The van der Waals surface area contributed by atoms with E-state index < -0.39 is 4.92 Å². The van der Waals surface area contributed by atoms with E-state index >= 15 is 0 Å². The number of isocyanates is 1. The number of benzene rings is 1. The lowest BCUT2D eigenvalue weighted by atomic mass is 10.1. The Bertz CT molecular complexity index is 427. The molecule has 0 aliphatic rings. The first kappa shape index (κ1) is 11.6. The quantitative estimate of drug-likeness (QED) is 0.365. The molecule has 0 saturated heterocycles. The van der Waals surface area contributed by atoms with Crippen molar-refractivity contribution in [2.45, 2.75) is 6.42 Å². The maximum absolute atomic E-state index is 10.5. The van der Waals surface area contributed by atoms with E-state index in [0.717, 1.165) is 5.56 Å². The van der Waals surface area contributed by atoms with E-state index in [1.54, 1.807) is 6.07 Å². The highest BCUT2D eigenvalue weighted by molar-refractivity contribution is 9.10. The molecule has 0 aliphatic carbocycles. The van der Waals surface area contributed by atoms with Gasteiger partial charge in [-0.1, -0.05) is 15.9 Å². The van der Waals surface area contributed by atoms with Crippen molar-refractivity contribution < 1.29 is 9.72 Å². The molecule has 0 saturated carbocycles. The number of nitro benzene ring substituents is 1. The lowest BCUT2D eigenvalue weighted by Crippen LogP contribution is -1.93. The summed E-state index contributed by atoms with van der Waals surface area (Å²) in [6, 6.07) is 4.64. The predicted octanol–water partition coefficient (Wildman–Crippen LogP) is 2.24. The van der Waals surface area contributed by atoms with Gasteiger partial charge >= 0.3 is 0 Å². The second kappa shape index (κ2) is 5.38. The van der Waals surface area contributed by atoms with E-state index in [2.05, 4.69) is 20.9 Å². The summed E-state index contributed by atoms with van der Waals surface area (Å²) in [6.07, 6.45) is 1.90. The van der Waals surface area contributed by atoms with Gasteiger partial charge in [0.05, 0.1) is 11.5 Å². The Hall–Kier alpha value is -1.52. The van der Waals surface area contributed by atoms with Crippen molar-refractivity contribution in [3.63, 3.8) is 0 Å². The molecule has 0 radical (unpaired) electrons. The molecule has 1 aromatic carbocycles. The average molecular weight is 271 g/mol. The van der Waals surface area contributed by atoms with Gasteiger partial charge in [-0.25, -0.2) is 9.79 Å². The first-order valence-corrected chi connectivity index (χ1v) is 4.90. The Kier molecular flexibility index (Phi) is 4.15. The van der Waals surface area contributed by atoms with E-state index in [1.165, 1.54) is 18.2 Å². The third-order valence-corrected chi connectivity index (χ3v) is 2.19. The second-order valence-corrected chi connectivity index (χ2v) is 3.71. The van der Waals surface area contributed by atoms with Crippen molar-refractivity contribution in [1.82, 2.24) is 0 Å². The summed E-state index contributed by atoms with van der Waals surface area (Å²) in [5.41, 5.74) is 0.782. The molecule has 0 aliphatic heterocycles. The minimum Gasteiger partial charge on any atom is -0.258 e. The van der Waals surface area contributed by atoms with Gasteiger partial charge in [0.1, 0.15) is 0 Å². The molecular formula is C9H7BrN2O3. The van der Waals surface area contributed by atoms with Gasteiger partial charge in [-0.2, -0.15) is 0 Å². The summed E-state index contributed by atoms with van der Waals surface area (Å²) in [5, 5.41) is 10.5. The van der Waals surface area contributed by atoms with Crippen LogP contribution in [0.1, 0.15) is 5.56 Å². The summed E-state index contributed by atoms with van der Waals surface area (Å²) >= 11 is 3.18. The van der Waals surface area contributed by atoms with Crippen LogP contribution in [0.4, 0.5) is 5.69 Å². The fourth-order valence-electron chi connectivity index (χ4n) is 1.11. The van der Waals surface area contributed by atoms with Crippen molar-refractivity contribution in [3.8, 4) is 0 Å². The summed E-state index contributed by atoms with van der Waals surface area (Å²) in [4.78, 5) is 23.3. The van der Waals surface area contributed by atoms with Crippen LogP contribution in [-0.2, 0) is 11.2 Å². The monoisotopic (exact) mass is 270 g/mol. The molecule has 15 heavy (non-hydrogen) atoms. The van der Waals surface area contributed by atoms with Crippen molar-refractivity contribution >= 4 is 27.7 Å². The standard InChI is InChI=1S/C9H7BrN2O3/c10-8-3-7(1-2-11-6-13)4-9(5-8)12(14)15/h3-5H,1-2H2. The molecule has 0 atom stereocenters. The third kappa shape index (κ3) is 3.61. The van der Waals surface area contributed by atoms with E-state index in [-0.39, 0.29) is 12.2 Å². The van der Waals surface area contributed by atoms with Gasteiger partial charge in [0.2, 0.25) is 6.08 Å². The normalized spacial score (nSPS) is 9.40. The van der Waals surface area contributed by atoms with Crippen molar-refractivity contribution in [2.24, 2.45) is 4.99 Å². The molecule has 5 nitrogen and oxygen atoms in total. The Balaban J connectivity index is 2.88. The summed E-state index contributed by atoms with van der Waals surface area (Å²) in [5.74, 6) is 0. The van der Waals surface area contributed by atoms with Gasteiger partial charge in [0.25, 0.3) is 5.69 Å². The minimum absolute atomic E-state index is 0.0226. The van der Waals surface area contributed by atoms with Crippen LogP contribution < -0.4 is 0 Å². The average Bonchev–Trinajstić information content (AvgIpc) is 2.17. The fraction of sp³-hybridized carbons (Fsp3) is 0.222. The first-order chi connectivity index (χ1) is 7.13. The van der Waals surface area contributed by atoms with Crippen LogP contribution in [-0.4, -0.2) is 17.5 Å². The van der Waals surface area contributed by atoms with Crippen LogP contribution in [0.5, 0.6) is 0 Å². The molecule has 0 fully saturated rings. The molecule has 0 N–H and O–H groups in total. The maximum atomic E-state index is 10.5. The third-order valence-electron chi connectivity index (χ3n) is 1.73. The lowest BCUT2D eigenvalue weighted by molar-refractivity contribution is -0.385. The van der Waals surface area contributed by atoms with Gasteiger partial charge in [-0.15, -0.1) is 0 Å². The molecule has 0 bridgehead atoms. The predicted molar refractivity (Wildman–Crippen MR) is 57.5 cm³/mol. The molecule has 0 aromatic heterocycles. The smallest absolute Gasteiger partial charge is 0.258 e. The largest absolute Gasteiger partial charge is 0.270 e. The van der Waals surface area contributed by atoms with Crippen LogP contribution in [0.3, 0.4) is 0 Å². The van der Waals surface area contributed by atoms with Crippen molar-refractivity contribution in [3.05, 3.63) is 38.3 Å². The summed E-state index contributed by atoms with van der Waals surface area (Å²) in [6.45, 7) is 0.289. The molecule has 1 rings (SSSR count). The number of hydrogen-bond acceptors (Lipinski definition) is 4. The number of non-ortho nitro benzene ring substituents is 1. The Labute approximate surface area is 94.1 Å². The van der Waals surface area contributed by atoms with E-state index in [1.807, 2.05) is 0 Å².